The van der Waals surface area contributed by atoms with Crippen molar-refractivity contribution >= 4 is 27.8 Å². The monoisotopic (exact) mass is 477 g/mol. The molecule has 1 N–H and O–H groups in total. The Kier molecular flexibility index (Phi) is 8.35. The van der Waals surface area contributed by atoms with E-state index in [0.717, 1.165) is 4.47 Å². The van der Waals surface area contributed by atoms with Crippen molar-refractivity contribution in [2.75, 3.05) is 26.6 Å². The molecule has 0 radical (unpaired) electrons. The van der Waals surface area contributed by atoms with Gasteiger partial charge in [0.05, 0.1) is 12.8 Å². The van der Waals surface area contributed by atoms with Crippen LogP contribution in [0.2, 0.25) is 0 Å². The fourth-order valence-electron chi connectivity index (χ4n) is 2.60. The molecule has 0 amide bonds. The first-order valence-corrected chi connectivity index (χ1v) is 9.06. The van der Waals surface area contributed by atoms with Crippen molar-refractivity contribution in [2.24, 2.45) is 0 Å². The summed E-state index contributed by atoms with van der Waals surface area (Å²) in [5.41, 5.74) is 0.820. The lowest BCUT2D eigenvalue weighted by atomic mass is 9.92. The molecule has 0 aliphatic heterocycles. The zero-order valence-electron chi connectivity index (χ0n) is 15.7. The van der Waals surface area contributed by atoms with Crippen LogP contribution in [-0.4, -0.2) is 50.0 Å². The smallest absolute Gasteiger partial charge is 0.319 e. The molecule has 11 heteroatoms. The normalized spacial score (nSPS) is 13.4. The van der Waals surface area contributed by atoms with Crippen LogP contribution >= 0.6 is 15.9 Å². The molecular weight excluding hydrogens is 459 g/mol. The van der Waals surface area contributed by atoms with Gasteiger partial charge in [-0.2, -0.15) is 0 Å². The molecular formula is C18H19BrF3N3O4. The minimum atomic E-state index is -3.28. The number of anilines is 1. The third-order valence-electron chi connectivity index (χ3n) is 3.93. The molecule has 1 aromatic carbocycles. The number of nitrogens with zero attached hydrogens (tertiary/aromatic N) is 2. The Morgan fingerprint density at radius 3 is 2.24 bits per heavy atom. The number of rotatable bonds is 9. The van der Waals surface area contributed by atoms with Crippen molar-refractivity contribution in [1.82, 2.24) is 9.97 Å². The summed E-state index contributed by atoms with van der Waals surface area (Å²) in [4.78, 5) is 20.6. The van der Waals surface area contributed by atoms with E-state index in [-0.39, 0.29) is 11.3 Å². The Morgan fingerprint density at radius 1 is 1.10 bits per heavy atom. The lowest BCUT2D eigenvalue weighted by Gasteiger charge is -2.22. The van der Waals surface area contributed by atoms with Gasteiger partial charge in [-0.1, -0.05) is 28.1 Å². The predicted octanol–water partition coefficient (Wildman–Crippen LogP) is 3.81. The number of nitrogens with one attached hydrogen (secondary N) is 1. The summed E-state index contributed by atoms with van der Waals surface area (Å²) in [6.07, 6.45) is -5.71. The standard InChI is InChI=1S/C18H19BrF3N3O4/c1-27-16(26)12(9-4-6-10(19)7-5-9)13-11(17(28-2)29-3)8-23-18(24-13)25-15(22)14(20)21/h4-8,12,14-15,17H,1-3H3,(H,23,24,25). The number of aromatic nitrogens is 2. The van der Waals surface area contributed by atoms with Crippen LogP contribution in [0.4, 0.5) is 19.1 Å². The van der Waals surface area contributed by atoms with Gasteiger partial charge in [-0.25, -0.2) is 23.1 Å². The molecule has 158 valence electrons. The molecule has 0 bridgehead atoms. The average molecular weight is 478 g/mol. The number of alkyl halides is 3. The zero-order valence-corrected chi connectivity index (χ0v) is 17.3. The zero-order chi connectivity index (χ0) is 21.6. The molecule has 0 aliphatic rings. The van der Waals surface area contributed by atoms with Crippen molar-refractivity contribution in [2.45, 2.75) is 24.9 Å². The topological polar surface area (TPSA) is 82.6 Å². The van der Waals surface area contributed by atoms with Crippen LogP contribution in [-0.2, 0) is 19.0 Å². The summed E-state index contributed by atoms with van der Waals surface area (Å²) in [6, 6.07) is 6.75. The van der Waals surface area contributed by atoms with E-state index in [9.17, 15) is 18.0 Å². The summed E-state index contributed by atoms with van der Waals surface area (Å²) < 4.78 is 54.7. The molecule has 0 saturated carbocycles. The molecule has 2 aromatic rings. The highest BCUT2D eigenvalue weighted by Gasteiger charge is 2.32. The molecule has 1 aromatic heterocycles. The van der Waals surface area contributed by atoms with E-state index >= 15 is 0 Å². The molecule has 0 spiro atoms. The molecule has 2 unspecified atom stereocenters. The Balaban J connectivity index is 2.63. The fraction of sp³-hybridized carbons (Fsp3) is 0.389. The van der Waals surface area contributed by atoms with E-state index in [1.54, 1.807) is 24.3 Å². The van der Waals surface area contributed by atoms with Gasteiger partial charge in [0, 0.05) is 30.5 Å². The lowest BCUT2D eigenvalue weighted by Crippen LogP contribution is -2.26. The SMILES string of the molecule is COC(=O)C(c1ccc(Br)cc1)c1nc(NC(F)C(F)F)ncc1C(OC)OC. The van der Waals surface area contributed by atoms with E-state index in [2.05, 4.69) is 25.9 Å². The van der Waals surface area contributed by atoms with Gasteiger partial charge in [0.15, 0.2) is 6.29 Å². The van der Waals surface area contributed by atoms with Gasteiger partial charge in [-0.3, -0.25) is 4.79 Å². The molecule has 0 fully saturated rings. The quantitative estimate of drug-likeness (QED) is 0.334. The molecule has 29 heavy (non-hydrogen) atoms. The first-order valence-electron chi connectivity index (χ1n) is 8.26. The van der Waals surface area contributed by atoms with Crippen LogP contribution in [0, 0.1) is 0 Å². The van der Waals surface area contributed by atoms with Crippen molar-refractivity contribution in [3.05, 3.63) is 51.8 Å². The number of ether oxygens (including phenoxy) is 3. The van der Waals surface area contributed by atoms with Crippen LogP contribution in [0.5, 0.6) is 0 Å². The Morgan fingerprint density at radius 2 is 1.72 bits per heavy atom. The maximum atomic E-state index is 13.4. The number of hydrogen-bond donors (Lipinski definition) is 1. The van der Waals surface area contributed by atoms with E-state index in [4.69, 9.17) is 14.2 Å². The Hall–Kier alpha value is -2.24. The molecule has 0 saturated heterocycles. The second-order valence-electron chi connectivity index (χ2n) is 5.73. The van der Waals surface area contributed by atoms with Gasteiger partial charge < -0.3 is 19.5 Å². The van der Waals surface area contributed by atoms with Gasteiger partial charge in [-0.05, 0) is 17.7 Å². The minimum absolute atomic E-state index is 0.0619. The number of benzene rings is 1. The maximum absolute atomic E-state index is 13.4. The largest absolute Gasteiger partial charge is 0.468 e. The van der Waals surface area contributed by atoms with E-state index in [1.165, 1.54) is 27.5 Å². The van der Waals surface area contributed by atoms with E-state index in [0.29, 0.717) is 5.56 Å². The first kappa shape index (κ1) is 23.0. The third-order valence-corrected chi connectivity index (χ3v) is 4.46. The highest BCUT2D eigenvalue weighted by molar-refractivity contribution is 9.10. The summed E-state index contributed by atoms with van der Waals surface area (Å²) in [5.74, 6) is -2.16. The summed E-state index contributed by atoms with van der Waals surface area (Å²) in [7, 11) is 3.93. The number of halogens is 4. The number of hydrogen-bond acceptors (Lipinski definition) is 7. The third kappa shape index (κ3) is 5.64. The van der Waals surface area contributed by atoms with Crippen molar-refractivity contribution in [3.63, 3.8) is 0 Å². The van der Waals surface area contributed by atoms with E-state index in [1.807, 2.05) is 5.32 Å². The van der Waals surface area contributed by atoms with Gasteiger partial charge in [0.2, 0.25) is 12.2 Å². The summed E-state index contributed by atoms with van der Waals surface area (Å²) in [5, 5.41) is 1.88. The molecule has 0 aliphatic carbocycles. The predicted molar refractivity (Wildman–Crippen MR) is 101 cm³/mol. The van der Waals surface area contributed by atoms with Crippen LogP contribution in [0.25, 0.3) is 0 Å². The van der Waals surface area contributed by atoms with Gasteiger partial charge in [-0.15, -0.1) is 0 Å². The van der Waals surface area contributed by atoms with Crippen LogP contribution in [0.3, 0.4) is 0 Å². The highest BCUT2D eigenvalue weighted by atomic mass is 79.9. The van der Waals surface area contributed by atoms with Crippen molar-refractivity contribution < 1.29 is 32.2 Å². The number of carbonyl (C=O) groups excluding carboxylic acids is 1. The van der Waals surface area contributed by atoms with Gasteiger partial charge >= 0.3 is 5.97 Å². The minimum Gasteiger partial charge on any atom is -0.468 e. The summed E-state index contributed by atoms with van der Waals surface area (Å²) in [6.45, 7) is 0. The fourth-order valence-corrected chi connectivity index (χ4v) is 2.87. The number of esters is 1. The average Bonchev–Trinajstić information content (AvgIpc) is 2.71. The van der Waals surface area contributed by atoms with Crippen molar-refractivity contribution in [3.8, 4) is 0 Å². The van der Waals surface area contributed by atoms with Crippen LogP contribution < -0.4 is 5.32 Å². The second-order valence-corrected chi connectivity index (χ2v) is 6.64. The van der Waals surface area contributed by atoms with Crippen LogP contribution in [0.1, 0.15) is 29.0 Å². The molecule has 7 nitrogen and oxygen atoms in total. The number of carbonyl (C=O) groups is 1. The molecule has 1 heterocycles. The van der Waals surface area contributed by atoms with Crippen LogP contribution in [0.15, 0.2) is 34.9 Å². The Labute approximate surface area is 173 Å². The summed E-state index contributed by atoms with van der Waals surface area (Å²) >= 11 is 3.31. The maximum Gasteiger partial charge on any atom is 0.319 e. The highest BCUT2D eigenvalue weighted by Crippen LogP contribution is 2.33. The molecule has 2 atom stereocenters. The lowest BCUT2D eigenvalue weighted by molar-refractivity contribution is -0.141. The molecule has 2 rings (SSSR count). The van der Waals surface area contributed by atoms with Gasteiger partial charge in [0.1, 0.15) is 5.92 Å². The Bertz CT molecular complexity index is 822. The second kappa shape index (κ2) is 10.5. The van der Waals surface area contributed by atoms with Gasteiger partial charge in [0.25, 0.3) is 6.43 Å². The van der Waals surface area contributed by atoms with Crippen molar-refractivity contribution in [1.29, 1.82) is 0 Å². The first-order chi connectivity index (χ1) is 13.8. The number of methoxy groups -OCH3 is 3. The van der Waals surface area contributed by atoms with E-state index < -0.39 is 36.8 Å².